The van der Waals surface area contributed by atoms with Crippen molar-refractivity contribution in [2.75, 3.05) is 13.2 Å². The van der Waals surface area contributed by atoms with Gasteiger partial charge in [-0.3, -0.25) is 14.5 Å². The first-order valence-electron chi connectivity index (χ1n) is 9.48. The number of amides is 2. The molecule has 0 radical (unpaired) electrons. The van der Waals surface area contributed by atoms with E-state index in [1.54, 1.807) is 24.3 Å². The maximum absolute atomic E-state index is 12.6. The van der Waals surface area contributed by atoms with Crippen molar-refractivity contribution in [2.24, 2.45) is 0 Å². The SMILES string of the molecule is O=C(O)c1ccc(Cl)c(-c2ccc(/C=C3\SC(=O)N(CCOc4ccccc4)C3=O)o2)c1. The number of hydrogen-bond acceptors (Lipinski definition) is 6. The Balaban J connectivity index is 1.46. The van der Waals surface area contributed by atoms with Gasteiger partial charge < -0.3 is 14.3 Å². The Hall–Kier alpha value is -3.49. The van der Waals surface area contributed by atoms with Crippen molar-refractivity contribution in [2.45, 2.75) is 0 Å². The lowest BCUT2D eigenvalue weighted by Crippen LogP contribution is -2.32. The van der Waals surface area contributed by atoms with E-state index < -0.39 is 11.9 Å². The van der Waals surface area contributed by atoms with Crippen LogP contribution in [0.15, 0.2) is 70.0 Å². The number of rotatable bonds is 7. The van der Waals surface area contributed by atoms with E-state index in [1.807, 2.05) is 18.2 Å². The fraction of sp³-hybridized carbons (Fsp3) is 0.0870. The average molecular weight is 470 g/mol. The number of benzene rings is 2. The number of ether oxygens (including phenoxy) is 1. The van der Waals surface area contributed by atoms with Gasteiger partial charge >= 0.3 is 5.97 Å². The third-order valence-corrected chi connectivity index (χ3v) is 5.82. The van der Waals surface area contributed by atoms with Crippen LogP contribution in [0.4, 0.5) is 4.79 Å². The van der Waals surface area contributed by atoms with E-state index in [2.05, 4.69) is 0 Å². The van der Waals surface area contributed by atoms with Gasteiger partial charge in [0.05, 0.1) is 22.0 Å². The molecule has 162 valence electrons. The van der Waals surface area contributed by atoms with E-state index in [0.29, 0.717) is 27.9 Å². The second-order valence-electron chi connectivity index (χ2n) is 6.70. The normalized spacial score (nSPS) is 14.9. The molecule has 0 unspecified atom stereocenters. The Labute approximate surface area is 192 Å². The van der Waals surface area contributed by atoms with Crippen LogP contribution in [0.3, 0.4) is 0 Å². The zero-order valence-electron chi connectivity index (χ0n) is 16.5. The summed E-state index contributed by atoms with van der Waals surface area (Å²) in [5.74, 6) is -0.174. The zero-order valence-corrected chi connectivity index (χ0v) is 18.1. The monoisotopic (exact) mass is 469 g/mol. The standard InChI is InChI=1S/C23H16ClNO6S/c24-18-8-6-14(22(27)28)12-17(18)19-9-7-16(31-19)13-20-21(26)25(23(29)32-20)10-11-30-15-4-2-1-3-5-15/h1-9,12-13H,10-11H2,(H,27,28)/b20-13-. The summed E-state index contributed by atoms with van der Waals surface area (Å²) < 4.78 is 11.3. The molecule has 0 aliphatic carbocycles. The molecule has 0 saturated carbocycles. The first-order chi connectivity index (χ1) is 15.4. The predicted molar refractivity (Wildman–Crippen MR) is 121 cm³/mol. The molecule has 9 heteroatoms. The van der Waals surface area contributed by atoms with Crippen molar-refractivity contribution in [1.29, 1.82) is 0 Å². The van der Waals surface area contributed by atoms with Crippen molar-refractivity contribution >= 4 is 46.6 Å². The molecule has 32 heavy (non-hydrogen) atoms. The van der Waals surface area contributed by atoms with Gasteiger partial charge in [-0.1, -0.05) is 29.8 Å². The first-order valence-corrected chi connectivity index (χ1v) is 10.7. The van der Waals surface area contributed by atoms with Gasteiger partial charge in [-0.2, -0.15) is 0 Å². The maximum Gasteiger partial charge on any atom is 0.335 e. The summed E-state index contributed by atoms with van der Waals surface area (Å²) >= 11 is 7.00. The van der Waals surface area contributed by atoms with Crippen LogP contribution in [0, 0.1) is 0 Å². The molecule has 2 amide bonds. The molecule has 0 spiro atoms. The first kappa shape index (κ1) is 21.7. The van der Waals surface area contributed by atoms with Crippen LogP contribution in [0.25, 0.3) is 17.4 Å². The van der Waals surface area contributed by atoms with E-state index in [1.165, 1.54) is 24.3 Å². The number of para-hydroxylation sites is 1. The van der Waals surface area contributed by atoms with Gasteiger partial charge in [0.1, 0.15) is 23.9 Å². The molecule has 4 rings (SSSR count). The number of furan rings is 1. The van der Waals surface area contributed by atoms with Crippen LogP contribution >= 0.6 is 23.4 Å². The van der Waals surface area contributed by atoms with Gasteiger partial charge in [0.25, 0.3) is 11.1 Å². The van der Waals surface area contributed by atoms with Crippen molar-refractivity contribution in [3.05, 3.63) is 81.9 Å². The molecule has 1 saturated heterocycles. The van der Waals surface area contributed by atoms with E-state index in [9.17, 15) is 19.5 Å². The zero-order chi connectivity index (χ0) is 22.7. The minimum absolute atomic E-state index is 0.0705. The van der Waals surface area contributed by atoms with Crippen LogP contribution in [-0.2, 0) is 4.79 Å². The van der Waals surface area contributed by atoms with Gasteiger partial charge in [0.2, 0.25) is 0 Å². The average Bonchev–Trinajstić information content (AvgIpc) is 3.34. The summed E-state index contributed by atoms with van der Waals surface area (Å²) in [5.41, 5.74) is 0.485. The van der Waals surface area contributed by atoms with E-state index >= 15 is 0 Å². The van der Waals surface area contributed by atoms with Crippen molar-refractivity contribution in [3.63, 3.8) is 0 Å². The molecule has 1 aliphatic heterocycles. The number of carboxylic acids is 1. The van der Waals surface area contributed by atoms with Gasteiger partial charge in [-0.05, 0) is 54.2 Å². The largest absolute Gasteiger partial charge is 0.492 e. The lowest BCUT2D eigenvalue weighted by molar-refractivity contribution is -0.123. The summed E-state index contributed by atoms with van der Waals surface area (Å²) in [5, 5.41) is 9.12. The number of carbonyl (C=O) groups excluding carboxylic acids is 2. The quantitative estimate of drug-likeness (QED) is 0.462. The molecule has 0 atom stereocenters. The van der Waals surface area contributed by atoms with Gasteiger partial charge in [0, 0.05) is 11.6 Å². The predicted octanol–water partition coefficient (Wildman–Crippen LogP) is 5.41. The smallest absolute Gasteiger partial charge is 0.335 e. The molecule has 7 nitrogen and oxygen atoms in total. The number of thioether (sulfide) groups is 1. The number of carbonyl (C=O) groups is 3. The number of hydrogen-bond donors (Lipinski definition) is 1. The molecule has 2 aromatic carbocycles. The molecular weight excluding hydrogens is 454 g/mol. The van der Waals surface area contributed by atoms with Crippen LogP contribution in [0.1, 0.15) is 16.1 Å². The lowest BCUT2D eigenvalue weighted by Gasteiger charge is -2.13. The van der Waals surface area contributed by atoms with Crippen LogP contribution < -0.4 is 4.74 Å². The summed E-state index contributed by atoms with van der Waals surface area (Å²) in [4.78, 5) is 37.5. The van der Waals surface area contributed by atoms with Gasteiger partial charge in [-0.25, -0.2) is 4.79 Å². The highest BCUT2D eigenvalue weighted by atomic mass is 35.5. The number of nitrogens with zero attached hydrogens (tertiary/aromatic N) is 1. The second-order valence-corrected chi connectivity index (χ2v) is 8.10. The number of aromatic carboxylic acids is 1. The Kier molecular flexibility index (Phi) is 6.34. The maximum atomic E-state index is 12.6. The van der Waals surface area contributed by atoms with Crippen molar-refractivity contribution in [3.8, 4) is 17.1 Å². The fourth-order valence-corrected chi connectivity index (χ4v) is 4.07. The second kappa shape index (κ2) is 9.33. The molecule has 0 bridgehead atoms. The number of imide groups is 1. The van der Waals surface area contributed by atoms with Crippen LogP contribution in [0.5, 0.6) is 5.75 Å². The van der Waals surface area contributed by atoms with Gasteiger partial charge in [-0.15, -0.1) is 0 Å². The third-order valence-electron chi connectivity index (χ3n) is 4.58. The third kappa shape index (κ3) is 4.71. The van der Waals surface area contributed by atoms with Gasteiger partial charge in [0.15, 0.2) is 0 Å². The minimum atomic E-state index is -1.08. The van der Waals surface area contributed by atoms with E-state index in [-0.39, 0.29) is 28.9 Å². The summed E-state index contributed by atoms with van der Waals surface area (Å²) in [6, 6.07) is 16.6. The summed E-state index contributed by atoms with van der Waals surface area (Å²) in [7, 11) is 0. The Morgan fingerprint density at radius 1 is 1.12 bits per heavy atom. The molecule has 1 N–H and O–H groups in total. The molecule has 2 heterocycles. The highest BCUT2D eigenvalue weighted by Gasteiger charge is 2.35. The van der Waals surface area contributed by atoms with Crippen LogP contribution in [0.2, 0.25) is 5.02 Å². The topological polar surface area (TPSA) is 97.0 Å². The fourth-order valence-electron chi connectivity index (χ4n) is 3.02. The molecule has 3 aromatic rings. The van der Waals surface area contributed by atoms with Crippen molar-refractivity contribution in [1.82, 2.24) is 4.90 Å². The Bertz CT molecular complexity index is 1220. The van der Waals surface area contributed by atoms with Crippen molar-refractivity contribution < 1.29 is 28.6 Å². The summed E-state index contributed by atoms with van der Waals surface area (Å²) in [6.45, 7) is 0.302. The lowest BCUT2D eigenvalue weighted by atomic mass is 10.1. The van der Waals surface area contributed by atoms with E-state index in [0.717, 1.165) is 16.7 Å². The molecule has 1 aliphatic rings. The summed E-state index contributed by atoms with van der Waals surface area (Å²) in [6.07, 6.45) is 1.47. The molecule has 1 aromatic heterocycles. The minimum Gasteiger partial charge on any atom is -0.492 e. The molecular formula is C23H16ClNO6S. The van der Waals surface area contributed by atoms with Crippen LogP contribution in [-0.4, -0.2) is 40.3 Å². The molecule has 1 fully saturated rings. The van der Waals surface area contributed by atoms with E-state index in [4.69, 9.17) is 20.8 Å². The number of carboxylic acid groups (broad SMARTS) is 1. The Morgan fingerprint density at radius 2 is 1.91 bits per heavy atom. The number of halogens is 1. The highest BCUT2D eigenvalue weighted by molar-refractivity contribution is 8.18. The highest BCUT2D eigenvalue weighted by Crippen LogP contribution is 2.35. The Morgan fingerprint density at radius 3 is 2.66 bits per heavy atom.